The lowest BCUT2D eigenvalue weighted by Gasteiger charge is -2.19. The van der Waals surface area contributed by atoms with Gasteiger partial charge >= 0.3 is 0 Å². The molecule has 1 N–H and O–H groups in total. The first kappa shape index (κ1) is 11.5. The second kappa shape index (κ2) is 4.47. The monoisotopic (exact) mass is 228 g/mol. The van der Waals surface area contributed by atoms with E-state index in [9.17, 15) is 13.9 Å². The molecule has 2 nitrogen and oxygen atoms in total. The Hall–Kier alpha value is -1.00. The topological polar surface area (TPSA) is 29.5 Å². The van der Waals surface area contributed by atoms with E-state index in [1.807, 2.05) is 6.92 Å². The Labute approximate surface area is 92.9 Å². The van der Waals surface area contributed by atoms with Gasteiger partial charge in [0, 0.05) is 0 Å². The first-order valence-electron chi connectivity index (χ1n) is 5.37. The summed E-state index contributed by atoms with van der Waals surface area (Å²) in [5.41, 5.74) is -0.290. The predicted octanol–water partition coefficient (Wildman–Crippen LogP) is 2.57. The second-order valence-corrected chi connectivity index (χ2v) is 4.14. The summed E-state index contributed by atoms with van der Waals surface area (Å²) in [6, 6.07) is 3.55. The van der Waals surface area contributed by atoms with E-state index in [0.29, 0.717) is 6.42 Å². The molecule has 16 heavy (non-hydrogen) atoms. The molecule has 0 saturated carbocycles. The second-order valence-electron chi connectivity index (χ2n) is 4.14. The van der Waals surface area contributed by atoms with E-state index in [4.69, 9.17) is 4.74 Å². The van der Waals surface area contributed by atoms with Crippen molar-refractivity contribution in [3.63, 3.8) is 0 Å². The highest BCUT2D eigenvalue weighted by molar-refractivity contribution is 5.23. The highest BCUT2D eigenvalue weighted by Crippen LogP contribution is 2.32. The van der Waals surface area contributed by atoms with E-state index in [2.05, 4.69) is 0 Å². The van der Waals surface area contributed by atoms with Crippen LogP contribution < -0.4 is 0 Å². The molecule has 4 heteroatoms. The maximum atomic E-state index is 13.4. The van der Waals surface area contributed by atoms with Gasteiger partial charge in [-0.05, 0) is 31.9 Å². The van der Waals surface area contributed by atoms with Crippen LogP contribution >= 0.6 is 0 Å². The first-order valence-corrected chi connectivity index (χ1v) is 5.37. The van der Waals surface area contributed by atoms with Crippen LogP contribution in [-0.4, -0.2) is 17.3 Å². The molecule has 3 unspecified atom stereocenters. The average molecular weight is 228 g/mol. The lowest BCUT2D eigenvalue weighted by atomic mass is 10.0. The normalized spacial score (nSPS) is 27.0. The maximum absolute atomic E-state index is 13.4. The Balaban J connectivity index is 2.23. The standard InChI is InChI=1S/C12H14F2O2/c1-7-5-6-10(16-7)12(15)11-8(13)3-2-4-9(11)14/h2-4,7,10,12,15H,5-6H2,1H3. The van der Waals surface area contributed by atoms with Gasteiger partial charge in [-0.25, -0.2) is 8.78 Å². The zero-order chi connectivity index (χ0) is 11.7. The van der Waals surface area contributed by atoms with Gasteiger partial charge in [0.05, 0.1) is 17.8 Å². The summed E-state index contributed by atoms with van der Waals surface area (Å²) in [4.78, 5) is 0. The fourth-order valence-electron chi connectivity index (χ4n) is 2.04. The van der Waals surface area contributed by atoms with E-state index >= 15 is 0 Å². The van der Waals surface area contributed by atoms with E-state index < -0.39 is 23.8 Å². The molecule has 3 atom stereocenters. The average Bonchev–Trinajstić information content (AvgIpc) is 2.64. The number of hydrogen-bond acceptors (Lipinski definition) is 2. The highest BCUT2D eigenvalue weighted by Gasteiger charge is 2.32. The molecule has 1 fully saturated rings. The van der Waals surface area contributed by atoms with Crippen molar-refractivity contribution in [3.8, 4) is 0 Å². The van der Waals surface area contributed by atoms with Crippen molar-refractivity contribution in [2.75, 3.05) is 0 Å². The zero-order valence-electron chi connectivity index (χ0n) is 8.99. The van der Waals surface area contributed by atoms with Crippen LogP contribution in [0.3, 0.4) is 0 Å². The Morgan fingerprint density at radius 2 is 1.94 bits per heavy atom. The van der Waals surface area contributed by atoms with Crippen molar-refractivity contribution in [1.29, 1.82) is 0 Å². The van der Waals surface area contributed by atoms with Gasteiger partial charge in [-0.1, -0.05) is 6.07 Å². The first-order chi connectivity index (χ1) is 7.59. The number of aliphatic hydroxyl groups excluding tert-OH is 1. The molecule has 1 aliphatic rings. The molecule has 0 bridgehead atoms. The highest BCUT2D eigenvalue weighted by atomic mass is 19.1. The lowest BCUT2D eigenvalue weighted by molar-refractivity contribution is -0.0324. The van der Waals surface area contributed by atoms with Crippen LogP contribution in [0.15, 0.2) is 18.2 Å². The number of rotatable bonds is 2. The molecular weight excluding hydrogens is 214 g/mol. The number of aliphatic hydroxyl groups is 1. The summed E-state index contributed by atoms with van der Waals surface area (Å²) >= 11 is 0. The minimum atomic E-state index is -1.23. The van der Waals surface area contributed by atoms with Gasteiger partial charge in [-0.3, -0.25) is 0 Å². The SMILES string of the molecule is CC1CCC(C(O)c2c(F)cccc2F)O1. The van der Waals surface area contributed by atoms with Gasteiger partial charge in [0.15, 0.2) is 0 Å². The van der Waals surface area contributed by atoms with E-state index in [1.54, 1.807) is 0 Å². The van der Waals surface area contributed by atoms with Crippen LogP contribution in [0.25, 0.3) is 0 Å². The van der Waals surface area contributed by atoms with Gasteiger partial charge in [-0.15, -0.1) is 0 Å². The summed E-state index contributed by atoms with van der Waals surface area (Å²) in [6.45, 7) is 1.88. The Bertz CT molecular complexity index is 361. The van der Waals surface area contributed by atoms with Crippen LogP contribution in [0.1, 0.15) is 31.4 Å². The molecule has 0 radical (unpaired) electrons. The third-order valence-electron chi connectivity index (χ3n) is 2.91. The number of benzene rings is 1. The van der Waals surface area contributed by atoms with Gasteiger partial charge in [0.2, 0.25) is 0 Å². The molecule has 88 valence electrons. The molecule has 1 aromatic rings. The van der Waals surface area contributed by atoms with Crippen LogP contribution in [0.4, 0.5) is 8.78 Å². The lowest BCUT2D eigenvalue weighted by Crippen LogP contribution is -2.20. The largest absolute Gasteiger partial charge is 0.385 e. The molecule has 0 aromatic heterocycles. The fourth-order valence-corrected chi connectivity index (χ4v) is 2.04. The van der Waals surface area contributed by atoms with Crippen LogP contribution in [-0.2, 0) is 4.74 Å². The van der Waals surface area contributed by atoms with Crippen LogP contribution in [0, 0.1) is 11.6 Å². The Morgan fingerprint density at radius 1 is 1.31 bits per heavy atom. The predicted molar refractivity (Wildman–Crippen MR) is 54.9 cm³/mol. The van der Waals surface area contributed by atoms with Crippen molar-refractivity contribution in [2.24, 2.45) is 0 Å². The van der Waals surface area contributed by atoms with Crippen molar-refractivity contribution >= 4 is 0 Å². The fraction of sp³-hybridized carbons (Fsp3) is 0.500. The quantitative estimate of drug-likeness (QED) is 0.843. The van der Waals surface area contributed by atoms with Crippen LogP contribution in [0.2, 0.25) is 0 Å². The zero-order valence-corrected chi connectivity index (χ0v) is 8.99. The van der Waals surface area contributed by atoms with Crippen molar-refractivity contribution < 1.29 is 18.6 Å². The van der Waals surface area contributed by atoms with E-state index in [1.165, 1.54) is 6.07 Å². The molecule has 1 heterocycles. The van der Waals surface area contributed by atoms with Crippen molar-refractivity contribution in [2.45, 2.75) is 38.1 Å². The third-order valence-corrected chi connectivity index (χ3v) is 2.91. The van der Waals surface area contributed by atoms with Gasteiger partial charge in [-0.2, -0.15) is 0 Å². The number of halogens is 2. The Kier molecular flexibility index (Phi) is 3.21. The number of hydrogen-bond donors (Lipinski definition) is 1. The van der Waals surface area contributed by atoms with E-state index in [0.717, 1.165) is 18.6 Å². The van der Waals surface area contributed by atoms with Crippen LogP contribution in [0.5, 0.6) is 0 Å². The molecule has 0 amide bonds. The third kappa shape index (κ3) is 2.08. The molecule has 0 spiro atoms. The summed E-state index contributed by atoms with van der Waals surface area (Å²) in [5.74, 6) is -1.45. The summed E-state index contributed by atoms with van der Waals surface area (Å²) in [6.07, 6.45) is -0.282. The van der Waals surface area contributed by atoms with Gasteiger partial charge < -0.3 is 9.84 Å². The smallest absolute Gasteiger partial charge is 0.132 e. The van der Waals surface area contributed by atoms with Crippen molar-refractivity contribution in [1.82, 2.24) is 0 Å². The molecule has 1 aromatic carbocycles. The Morgan fingerprint density at radius 3 is 2.44 bits per heavy atom. The minimum absolute atomic E-state index is 0.0366. The molecule has 0 aliphatic carbocycles. The summed E-state index contributed by atoms with van der Waals surface area (Å²) < 4.78 is 32.2. The summed E-state index contributed by atoms with van der Waals surface area (Å²) in [7, 11) is 0. The molecular formula is C12H14F2O2. The number of ether oxygens (including phenoxy) is 1. The van der Waals surface area contributed by atoms with Crippen molar-refractivity contribution in [3.05, 3.63) is 35.4 Å². The minimum Gasteiger partial charge on any atom is -0.385 e. The van der Waals surface area contributed by atoms with E-state index in [-0.39, 0.29) is 11.7 Å². The molecule has 1 aliphatic heterocycles. The molecule has 1 saturated heterocycles. The van der Waals surface area contributed by atoms with Gasteiger partial charge in [0.25, 0.3) is 0 Å². The van der Waals surface area contributed by atoms with Gasteiger partial charge in [0.1, 0.15) is 17.7 Å². The molecule has 2 rings (SSSR count). The maximum Gasteiger partial charge on any atom is 0.132 e. The summed E-state index contributed by atoms with van der Waals surface area (Å²) in [5, 5.41) is 9.89.